The molecule has 0 aliphatic rings. The van der Waals surface area contributed by atoms with E-state index in [-0.39, 0.29) is 5.92 Å². The van der Waals surface area contributed by atoms with Gasteiger partial charge in [-0.25, -0.2) is 0 Å². The lowest BCUT2D eigenvalue weighted by atomic mass is 10.0. The number of hydrogen-bond donors (Lipinski definition) is 0. The molecule has 0 heterocycles. The van der Waals surface area contributed by atoms with Crippen molar-refractivity contribution in [1.29, 1.82) is 0 Å². The third-order valence-corrected chi connectivity index (χ3v) is 3.00. The van der Waals surface area contributed by atoms with E-state index in [1.165, 1.54) is 12.8 Å². The summed E-state index contributed by atoms with van der Waals surface area (Å²) in [4.78, 5) is 14.2. The van der Waals surface area contributed by atoms with Crippen molar-refractivity contribution in [2.24, 2.45) is 5.92 Å². The topological polar surface area (TPSA) is 20.3 Å². The van der Waals surface area contributed by atoms with Crippen LogP contribution in [0.2, 0.25) is 0 Å². The maximum Gasteiger partial charge on any atom is 0.225 e. The van der Waals surface area contributed by atoms with E-state index in [2.05, 4.69) is 32.6 Å². The molecule has 2 nitrogen and oxygen atoms in total. The molecule has 16 heavy (non-hydrogen) atoms. The van der Waals surface area contributed by atoms with E-state index < -0.39 is 0 Å². The zero-order valence-electron chi connectivity index (χ0n) is 11.6. The fourth-order valence-electron chi connectivity index (χ4n) is 1.90. The first-order chi connectivity index (χ1) is 7.67. The van der Waals surface area contributed by atoms with Crippen molar-refractivity contribution in [1.82, 2.24) is 4.90 Å². The summed E-state index contributed by atoms with van der Waals surface area (Å²) in [6, 6.07) is 0. The van der Waals surface area contributed by atoms with E-state index in [0.29, 0.717) is 5.91 Å². The Labute approximate surface area is 101 Å². The molecule has 0 spiro atoms. The molecule has 0 fully saturated rings. The van der Waals surface area contributed by atoms with Crippen molar-refractivity contribution < 1.29 is 4.79 Å². The van der Waals surface area contributed by atoms with E-state index in [9.17, 15) is 4.79 Å². The number of hydrogen-bond acceptors (Lipinski definition) is 1. The largest absolute Gasteiger partial charge is 0.342 e. The molecular formula is C14H29NO. The van der Waals surface area contributed by atoms with Crippen LogP contribution < -0.4 is 0 Å². The van der Waals surface area contributed by atoms with Crippen LogP contribution in [0.4, 0.5) is 0 Å². The molecule has 0 aromatic rings. The van der Waals surface area contributed by atoms with Gasteiger partial charge < -0.3 is 4.90 Å². The predicted molar refractivity (Wildman–Crippen MR) is 70.5 cm³/mol. The van der Waals surface area contributed by atoms with E-state index >= 15 is 0 Å². The van der Waals surface area contributed by atoms with Crippen molar-refractivity contribution in [3.05, 3.63) is 0 Å². The molecule has 0 radical (unpaired) electrons. The molecule has 0 aromatic heterocycles. The Hall–Kier alpha value is -0.530. The zero-order chi connectivity index (χ0) is 12.4. The van der Waals surface area contributed by atoms with Gasteiger partial charge in [-0.05, 0) is 19.3 Å². The van der Waals surface area contributed by atoms with Crippen LogP contribution in [-0.4, -0.2) is 23.9 Å². The lowest BCUT2D eigenvalue weighted by Gasteiger charge is -2.25. The Balaban J connectivity index is 4.12. The van der Waals surface area contributed by atoms with Crippen LogP contribution in [0, 0.1) is 5.92 Å². The van der Waals surface area contributed by atoms with Crippen molar-refractivity contribution in [2.75, 3.05) is 13.1 Å². The first-order valence-corrected chi connectivity index (χ1v) is 6.96. The van der Waals surface area contributed by atoms with Gasteiger partial charge in [0.25, 0.3) is 0 Å². The Morgan fingerprint density at radius 3 is 2.12 bits per heavy atom. The van der Waals surface area contributed by atoms with E-state index in [1.807, 2.05) is 0 Å². The molecule has 0 bridgehead atoms. The third kappa shape index (κ3) is 6.14. The van der Waals surface area contributed by atoms with Gasteiger partial charge in [-0.1, -0.05) is 47.0 Å². The average molecular weight is 227 g/mol. The molecule has 0 saturated heterocycles. The summed E-state index contributed by atoms with van der Waals surface area (Å²) in [5.41, 5.74) is 0. The highest BCUT2D eigenvalue weighted by Gasteiger charge is 2.18. The van der Waals surface area contributed by atoms with Gasteiger partial charge in [0.2, 0.25) is 5.91 Å². The predicted octanol–water partition coefficient (Wildman–Crippen LogP) is 3.85. The van der Waals surface area contributed by atoms with Crippen LogP contribution in [0.15, 0.2) is 0 Å². The summed E-state index contributed by atoms with van der Waals surface area (Å²) in [7, 11) is 0. The lowest BCUT2D eigenvalue weighted by Crippen LogP contribution is -2.36. The molecule has 0 N–H and O–H groups in total. The van der Waals surface area contributed by atoms with E-state index in [4.69, 9.17) is 0 Å². The normalized spacial score (nSPS) is 12.5. The fraction of sp³-hybridized carbons (Fsp3) is 0.929. The van der Waals surface area contributed by atoms with Crippen molar-refractivity contribution in [3.8, 4) is 0 Å². The van der Waals surface area contributed by atoms with Gasteiger partial charge in [-0.2, -0.15) is 0 Å². The Morgan fingerprint density at radius 2 is 1.62 bits per heavy atom. The Bertz CT molecular complexity index is 180. The van der Waals surface area contributed by atoms with Crippen molar-refractivity contribution in [2.45, 2.75) is 66.2 Å². The van der Waals surface area contributed by atoms with Crippen LogP contribution >= 0.6 is 0 Å². The molecule has 1 amide bonds. The SMILES string of the molecule is CCCCC(C)C(=O)N(CCC)CCCC. The molecule has 96 valence electrons. The van der Waals surface area contributed by atoms with E-state index in [0.717, 1.165) is 38.8 Å². The van der Waals surface area contributed by atoms with Gasteiger partial charge in [0, 0.05) is 19.0 Å². The van der Waals surface area contributed by atoms with Gasteiger partial charge in [0.15, 0.2) is 0 Å². The summed E-state index contributed by atoms with van der Waals surface area (Å²) < 4.78 is 0. The Morgan fingerprint density at radius 1 is 1.00 bits per heavy atom. The number of rotatable bonds is 9. The number of nitrogens with zero attached hydrogens (tertiary/aromatic N) is 1. The molecule has 0 rings (SSSR count). The zero-order valence-corrected chi connectivity index (χ0v) is 11.6. The summed E-state index contributed by atoms with van der Waals surface area (Å²) in [5.74, 6) is 0.576. The minimum atomic E-state index is 0.211. The van der Waals surface area contributed by atoms with Gasteiger partial charge in [0.1, 0.15) is 0 Å². The highest BCUT2D eigenvalue weighted by molar-refractivity contribution is 5.78. The maximum atomic E-state index is 12.2. The van der Waals surface area contributed by atoms with Crippen LogP contribution in [0.5, 0.6) is 0 Å². The second kappa shape index (κ2) is 9.68. The molecule has 0 aliphatic carbocycles. The minimum Gasteiger partial charge on any atom is -0.342 e. The summed E-state index contributed by atoms with van der Waals surface area (Å²) >= 11 is 0. The highest BCUT2D eigenvalue weighted by Crippen LogP contribution is 2.12. The molecule has 2 heteroatoms. The standard InChI is InChI=1S/C14H29NO/c1-5-8-10-13(4)14(16)15(11-7-3)12-9-6-2/h13H,5-12H2,1-4H3. The van der Waals surface area contributed by atoms with Crippen molar-refractivity contribution in [3.63, 3.8) is 0 Å². The first-order valence-electron chi connectivity index (χ1n) is 6.96. The monoisotopic (exact) mass is 227 g/mol. The van der Waals surface area contributed by atoms with Crippen LogP contribution in [0.1, 0.15) is 66.2 Å². The molecule has 1 atom stereocenters. The van der Waals surface area contributed by atoms with Crippen LogP contribution in [0.3, 0.4) is 0 Å². The number of carbonyl (C=O) groups excluding carboxylic acids is 1. The average Bonchev–Trinajstić information content (AvgIpc) is 2.30. The van der Waals surface area contributed by atoms with Gasteiger partial charge in [0.05, 0.1) is 0 Å². The second-order valence-corrected chi connectivity index (χ2v) is 4.72. The van der Waals surface area contributed by atoms with Gasteiger partial charge in [-0.3, -0.25) is 4.79 Å². The number of amides is 1. The highest BCUT2D eigenvalue weighted by atomic mass is 16.2. The molecule has 0 aromatic carbocycles. The molecule has 0 aliphatic heterocycles. The summed E-state index contributed by atoms with van der Waals surface area (Å²) in [6.07, 6.45) is 6.75. The third-order valence-electron chi connectivity index (χ3n) is 3.00. The molecular weight excluding hydrogens is 198 g/mol. The Kier molecular flexibility index (Phi) is 9.36. The van der Waals surface area contributed by atoms with Gasteiger partial charge >= 0.3 is 0 Å². The van der Waals surface area contributed by atoms with Gasteiger partial charge in [-0.15, -0.1) is 0 Å². The quantitative estimate of drug-likeness (QED) is 0.586. The first kappa shape index (κ1) is 15.5. The minimum absolute atomic E-state index is 0.211. The smallest absolute Gasteiger partial charge is 0.225 e. The fourth-order valence-corrected chi connectivity index (χ4v) is 1.90. The van der Waals surface area contributed by atoms with Crippen molar-refractivity contribution >= 4 is 5.91 Å². The van der Waals surface area contributed by atoms with E-state index in [1.54, 1.807) is 0 Å². The lowest BCUT2D eigenvalue weighted by molar-refractivity contribution is -0.135. The number of unbranched alkanes of at least 4 members (excludes halogenated alkanes) is 2. The van der Waals surface area contributed by atoms with Crippen LogP contribution in [-0.2, 0) is 4.79 Å². The molecule has 0 saturated carbocycles. The summed E-state index contributed by atoms with van der Waals surface area (Å²) in [6.45, 7) is 10.4. The summed E-state index contributed by atoms with van der Waals surface area (Å²) in [5, 5.41) is 0. The molecule has 1 unspecified atom stereocenters. The second-order valence-electron chi connectivity index (χ2n) is 4.72. The van der Waals surface area contributed by atoms with Crippen LogP contribution in [0.25, 0.3) is 0 Å². The number of carbonyl (C=O) groups is 1. The maximum absolute atomic E-state index is 12.2.